The maximum absolute atomic E-state index is 10.9. The van der Waals surface area contributed by atoms with Crippen molar-refractivity contribution in [2.24, 2.45) is 5.92 Å². The molecule has 1 heterocycles. The van der Waals surface area contributed by atoms with Gasteiger partial charge in [-0.3, -0.25) is 4.79 Å². The van der Waals surface area contributed by atoms with Crippen LogP contribution in [0.5, 0.6) is 0 Å². The largest absolute Gasteiger partial charge is 0.384 e. The van der Waals surface area contributed by atoms with E-state index >= 15 is 0 Å². The van der Waals surface area contributed by atoms with E-state index < -0.39 is 6.10 Å². The number of likely N-dealkylation sites (tertiary alicyclic amines) is 1. The molecule has 1 aliphatic rings. The fraction of sp³-hybridized carbons (Fsp3) is 0.857. The van der Waals surface area contributed by atoms with E-state index in [2.05, 4.69) is 6.92 Å². The topological polar surface area (TPSA) is 40.5 Å². The highest BCUT2D eigenvalue weighted by Crippen LogP contribution is 2.14. The van der Waals surface area contributed by atoms with Crippen LogP contribution in [-0.2, 0) is 4.79 Å². The van der Waals surface area contributed by atoms with Gasteiger partial charge in [0.1, 0.15) is 6.10 Å². The van der Waals surface area contributed by atoms with Gasteiger partial charge in [-0.25, -0.2) is 0 Å². The molecule has 1 atom stereocenters. The Kier molecular flexibility index (Phi) is 1.94. The zero-order chi connectivity index (χ0) is 7.72. The van der Waals surface area contributed by atoms with E-state index in [0.717, 1.165) is 13.1 Å². The number of carbonyl (C=O) groups excluding carboxylic acids is 1. The van der Waals surface area contributed by atoms with E-state index in [1.54, 1.807) is 4.90 Å². The molecule has 58 valence electrons. The highest BCUT2D eigenvalue weighted by Gasteiger charge is 2.28. The van der Waals surface area contributed by atoms with Crippen LogP contribution in [0.2, 0.25) is 0 Å². The molecule has 3 heteroatoms. The second-order valence-electron chi connectivity index (χ2n) is 3.02. The lowest BCUT2D eigenvalue weighted by molar-refractivity contribution is -0.145. The minimum Gasteiger partial charge on any atom is -0.384 e. The quantitative estimate of drug-likeness (QED) is 0.554. The van der Waals surface area contributed by atoms with Crippen molar-refractivity contribution in [3.63, 3.8) is 0 Å². The number of aliphatic hydroxyl groups excluding tert-OH is 1. The van der Waals surface area contributed by atoms with Crippen LogP contribution in [0.25, 0.3) is 0 Å². The molecule has 0 aromatic carbocycles. The normalized spacial score (nSPS) is 22.1. The summed E-state index contributed by atoms with van der Waals surface area (Å²) >= 11 is 0. The van der Waals surface area contributed by atoms with Crippen LogP contribution in [0.15, 0.2) is 0 Å². The van der Waals surface area contributed by atoms with Gasteiger partial charge >= 0.3 is 0 Å². The van der Waals surface area contributed by atoms with Crippen LogP contribution in [0, 0.1) is 5.92 Å². The third-order valence-corrected chi connectivity index (χ3v) is 1.73. The number of rotatable bonds is 1. The van der Waals surface area contributed by atoms with Crippen molar-refractivity contribution < 1.29 is 9.90 Å². The van der Waals surface area contributed by atoms with Crippen LogP contribution in [0.4, 0.5) is 0 Å². The minimum atomic E-state index is -0.826. The average molecular weight is 143 g/mol. The fourth-order valence-electron chi connectivity index (χ4n) is 1.14. The molecule has 1 rings (SSSR count). The van der Waals surface area contributed by atoms with Gasteiger partial charge in [0, 0.05) is 13.1 Å². The van der Waals surface area contributed by atoms with Gasteiger partial charge in [0.25, 0.3) is 5.91 Å². The van der Waals surface area contributed by atoms with Gasteiger partial charge in [0.05, 0.1) is 0 Å². The smallest absolute Gasteiger partial charge is 0.251 e. The second-order valence-corrected chi connectivity index (χ2v) is 3.02. The van der Waals surface area contributed by atoms with Crippen LogP contribution < -0.4 is 0 Å². The van der Waals surface area contributed by atoms with E-state index in [9.17, 15) is 4.79 Å². The van der Waals surface area contributed by atoms with E-state index in [1.165, 1.54) is 6.92 Å². The Balaban J connectivity index is 2.31. The molecule has 0 radical (unpaired) electrons. The molecule has 1 saturated heterocycles. The van der Waals surface area contributed by atoms with Crippen LogP contribution >= 0.6 is 0 Å². The number of aliphatic hydroxyl groups is 1. The Morgan fingerprint density at radius 2 is 2.20 bits per heavy atom. The van der Waals surface area contributed by atoms with Gasteiger partial charge in [0.15, 0.2) is 0 Å². The summed E-state index contributed by atoms with van der Waals surface area (Å²) in [7, 11) is 0. The molecule has 0 unspecified atom stereocenters. The lowest BCUT2D eigenvalue weighted by atomic mass is 10.0. The van der Waals surface area contributed by atoms with Gasteiger partial charge in [-0.1, -0.05) is 6.92 Å². The van der Waals surface area contributed by atoms with Gasteiger partial charge in [-0.15, -0.1) is 0 Å². The lowest BCUT2D eigenvalue weighted by Crippen LogP contribution is -2.51. The zero-order valence-electron chi connectivity index (χ0n) is 6.37. The van der Waals surface area contributed by atoms with Crippen LogP contribution in [-0.4, -0.2) is 35.1 Å². The van der Waals surface area contributed by atoms with Crippen LogP contribution in [0.1, 0.15) is 13.8 Å². The molecule has 0 aliphatic carbocycles. The zero-order valence-corrected chi connectivity index (χ0v) is 6.37. The molecule has 1 fully saturated rings. The molecule has 0 aromatic heterocycles. The molecule has 0 aromatic rings. The van der Waals surface area contributed by atoms with Gasteiger partial charge in [0.2, 0.25) is 0 Å². The van der Waals surface area contributed by atoms with E-state index in [1.807, 2.05) is 0 Å². The third kappa shape index (κ3) is 1.29. The molecule has 1 amide bonds. The first-order valence-corrected chi connectivity index (χ1v) is 3.58. The SMILES string of the molecule is CC1CN(C(=O)[C@@H](C)O)C1. The van der Waals surface area contributed by atoms with Crippen LogP contribution in [0.3, 0.4) is 0 Å². The fourth-order valence-corrected chi connectivity index (χ4v) is 1.14. The maximum atomic E-state index is 10.9. The third-order valence-electron chi connectivity index (χ3n) is 1.73. The number of hydrogen-bond donors (Lipinski definition) is 1. The summed E-state index contributed by atoms with van der Waals surface area (Å²) < 4.78 is 0. The van der Waals surface area contributed by atoms with Crippen molar-refractivity contribution in [2.45, 2.75) is 20.0 Å². The van der Waals surface area contributed by atoms with E-state index in [-0.39, 0.29) is 5.91 Å². The molecule has 0 saturated carbocycles. The van der Waals surface area contributed by atoms with Gasteiger partial charge in [-0.2, -0.15) is 0 Å². The Hall–Kier alpha value is -0.570. The molecule has 1 aliphatic heterocycles. The molecule has 0 spiro atoms. The summed E-state index contributed by atoms with van der Waals surface area (Å²) in [6, 6.07) is 0. The Labute approximate surface area is 60.6 Å². The van der Waals surface area contributed by atoms with Gasteiger partial charge in [-0.05, 0) is 12.8 Å². The number of hydrogen-bond acceptors (Lipinski definition) is 2. The number of nitrogens with zero attached hydrogens (tertiary/aromatic N) is 1. The van der Waals surface area contributed by atoms with Crippen molar-refractivity contribution in [1.29, 1.82) is 0 Å². The van der Waals surface area contributed by atoms with Crippen molar-refractivity contribution in [3.8, 4) is 0 Å². The van der Waals surface area contributed by atoms with E-state index in [4.69, 9.17) is 5.11 Å². The molecule has 1 N–H and O–H groups in total. The highest BCUT2D eigenvalue weighted by atomic mass is 16.3. The Morgan fingerprint density at radius 3 is 2.50 bits per heavy atom. The first-order valence-electron chi connectivity index (χ1n) is 3.58. The van der Waals surface area contributed by atoms with Gasteiger partial charge < -0.3 is 10.0 Å². The van der Waals surface area contributed by atoms with Crippen molar-refractivity contribution in [3.05, 3.63) is 0 Å². The van der Waals surface area contributed by atoms with Crippen molar-refractivity contribution >= 4 is 5.91 Å². The predicted octanol–water partition coefficient (Wildman–Crippen LogP) is -0.155. The number of carbonyl (C=O) groups is 1. The predicted molar refractivity (Wildman–Crippen MR) is 37.4 cm³/mol. The monoisotopic (exact) mass is 143 g/mol. The molecule has 10 heavy (non-hydrogen) atoms. The second kappa shape index (κ2) is 2.58. The Bertz CT molecular complexity index is 139. The Morgan fingerprint density at radius 1 is 1.70 bits per heavy atom. The lowest BCUT2D eigenvalue weighted by Gasteiger charge is -2.37. The molecule has 3 nitrogen and oxygen atoms in total. The van der Waals surface area contributed by atoms with Crippen molar-refractivity contribution in [1.82, 2.24) is 4.90 Å². The summed E-state index contributed by atoms with van der Waals surface area (Å²) in [5, 5.41) is 8.85. The summed E-state index contributed by atoms with van der Waals surface area (Å²) in [4.78, 5) is 12.6. The standard InChI is InChI=1S/C7H13NO2/c1-5-3-8(4-5)7(10)6(2)9/h5-6,9H,3-4H2,1-2H3/t6-/m1/s1. The first-order chi connectivity index (χ1) is 4.61. The summed E-state index contributed by atoms with van der Waals surface area (Å²) in [5.41, 5.74) is 0. The minimum absolute atomic E-state index is 0.141. The first kappa shape index (κ1) is 7.54. The molecular formula is C7H13NO2. The summed E-state index contributed by atoms with van der Waals surface area (Å²) in [6.45, 7) is 5.21. The van der Waals surface area contributed by atoms with E-state index in [0.29, 0.717) is 5.92 Å². The van der Waals surface area contributed by atoms with Crippen molar-refractivity contribution in [2.75, 3.05) is 13.1 Å². The summed E-state index contributed by atoms with van der Waals surface area (Å²) in [6.07, 6.45) is -0.826. The number of amides is 1. The average Bonchev–Trinajstić information content (AvgIpc) is 1.79. The molecule has 0 bridgehead atoms. The maximum Gasteiger partial charge on any atom is 0.251 e. The highest BCUT2D eigenvalue weighted by molar-refractivity contribution is 5.80. The molecular weight excluding hydrogens is 130 g/mol. The summed E-state index contributed by atoms with van der Waals surface area (Å²) in [5.74, 6) is 0.473.